The van der Waals surface area contributed by atoms with Crippen LogP contribution < -0.4 is 5.32 Å². The van der Waals surface area contributed by atoms with Crippen LogP contribution in [0.3, 0.4) is 0 Å². The molecule has 3 nitrogen and oxygen atoms in total. The van der Waals surface area contributed by atoms with Crippen LogP contribution in [0, 0.1) is 6.92 Å². The van der Waals surface area contributed by atoms with Crippen molar-refractivity contribution >= 4 is 11.6 Å². The topological polar surface area (TPSA) is 29.9 Å². The van der Waals surface area contributed by atoms with Gasteiger partial charge in [0.1, 0.15) is 0 Å². The van der Waals surface area contributed by atoms with Crippen LogP contribution in [-0.2, 0) is 13.1 Å². The highest BCUT2D eigenvalue weighted by Crippen LogP contribution is 2.16. The van der Waals surface area contributed by atoms with Crippen LogP contribution >= 0.6 is 11.6 Å². The number of aryl methyl sites for hydroxylation is 2. The van der Waals surface area contributed by atoms with Crippen molar-refractivity contribution in [3.05, 3.63) is 17.5 Å². The highest BCUT2D eigenvalue weighted by Gasteiger charge is 2.20. The van der Waals surface area contributed by atoms with Crippen LogP contribution in [-0.4, -0.2) is 21.2 Å². The van der Waals surface area contributed by atoms with Crippen LogP contribution in [0.15, 0.2) is 6.07 Å². The van der Waals surface area contributed by atoms with E-state index in [2.05, 4.69) is 41.9 Å². The van der Waals surface area contributed by atoms with Crippen LogP contribution in [0.5, 0.6) is 0 Å². The van der Waals surface area contributed by atoms with E-state index in [1.54, 1.807) is 0 Å². The molecule has 1 aromatic heterocycles. The number of alkyl halides is 1. The van der Waals surface area contributed by atoms with Crippen molar-refractivity contribution < 1.29 is 0 Å². The minimum absolute atomic E-state index is 0.124. The summed E-state index contributed by atoms with van der Waals surface area (Å²) in [5.41, 5.74) is 2.46. The Kier molecular flexibility index (Phi) is 5.47. The molecule has 0 aliphatic rings. The van der Waals surface area contributed by atoms with E-state index in [0.717, 1.165) is 31.6 Å². The predicted molar refractivity (Wildman–Crippen MR) is 73.5 cm³/mol. The molecule has 0 saturated heterocycles. The van der Waals surface area contributed by atoms with Gasteiger partial charge in [0.2, 0.25) is 0 Å². The molecule has 0 fully saturated rings. The maximum atomic E-state index is 5.85. The molecule has 0 aliphatic carbocycles. The third-order valence-electron chi connectivity index (χ3n) is 3.41. The number of nitrogens with zero attached hydrogens (tertiary/aromatic N) is 2. The first kappa shape index (κ1) is 14.5. The van der Waals surface area contributed by atoms with E-state index in [-0.39, 0.29) is 5.54 Å². The Hall–Kier alpha value is -0.540. The van der Waals surface area contributed by atoms with Gasteiger partial charge in [0, 0.05) is 24.5 Å². The summed E-state index contributed by atoms with van der Waals surface area (Å²) in [6.45, 7) is 10.4. The van der Waals surface area contributed by atoms with Gasteiger partial charge in [0.25, 0.3) is 0 Å². The molecule has 1 aromatic rings. The Morgan fingerprint density at radius 3 is 2.71 bits per heavy atom. The smallest absolute Gasteiger partial charge is 0.0597 e. The highest BCUT2D eigenvalue weighted by atomic mass is 35.5. The van der Waals surface area contributed by atoms with Gasteiger partial charge in [0.05, 0.1) is 11.4 Å². The second-order valence-corrected chi connectivity index (χ2v) is 5.18. The second kappa shape index (κ2) is 6.41. The number of halogens is 1. The van der Waals surface area contributed by atoms with Crippen molar-refractivity contribution in [3.63, 3.8) is 0 Å². The molecule has 0 bridgehead atoms. The minimum Gasteiger partial charge on any atom is -0.306 e. The molecule has 0 aromatic carbocycles. The van der Waals surface area contributed by atoms with Gasteiger partial charge < -0.3 is 5.32 Å². The van der Waals surface area contributed by atoms with Gasteiger partial charge >= 0.3 is 0 Å². The SMILES string of the molecule is CCn1nc(C)cc1CNC(C)(CC)CCCl. The zero-order valence-electron chi connectivity index (χ0n) is 11.4. The lowest BCUT2D eigenvalue weighted by Gasteiger charge is -2.29. The molecule has 0 radical (unpaired) electrons. The first-order chi connectivity index (χ1) is 8.04. The average molecular weight is 258 g/mol. The number of hydrogen-bond acceptors (Lipinski definition) is 2. The van der Waals surface area contributed by atoms with E-state index >= 15 is 0 Å². The second-order valence-electron chi connectivity index (χ2n) is 4.80. The van der Waals surface area contributed by atoms with Gasteiger partial charge in [-0.1, -0.05) is 6.92 Å². The van der Waals surface area contributed by atoms with E-state index in [4.69, 9.17) is 11.6 Å². The Morgan fingerprint density at radius 1 is 1.47 bits per heavy atom. The zero-order chi connectivity index (χ0) is 12.9. The normalized spacial score (nSPS) is 14.9. The summed E-state index contributed by atoms with van der Waals surface area (Å²) in [4.78, 5) is 0. The molecule has 0 amide bonds. The molecule has 1 rings (SSSR count). The zero-order valence-corrected chi connectivity index (χ0v) is 12.1. The lowest BCUT2D eigenvalue weighted by atomic mass is 9.95. The Morgan fingerprint density at radius 2 is 2.18 bits per heavy atom. The third kappa shape index (κ3) is 4.00. The van der Waals surface area contributed by atoms with E-state index in [1.807, 2.05) is 6.92 Å². The van der Waals surface area contributed by atoms with Crippen molar-refractivity contribution in [3.8, 4) is 0 Å². The van der Waals surface area contributed by atoms with Gasteiger partial charge in [-0.05, 0) is 39.7 Å². The lowest BCUT2D eigenvalue weighted by molar-refractivity contribution is 0.326. The molecule has 4 heteroatoms. The van der Waals surface area contributed by atoms with Crippen molar-refractivity contribution in [1.82, 2.24) is 15.1 Å². The van der Waals surface area contributed by atoms with E-state index in [1.165, 1.54) is 5.69 Å². The first-order valence-corrected chi connectivity index (χ1v) is 6.92. The monoisotopic (exact) mass is 257 g/mol. The molecule has 1 atom stereocenters. The predicted octanol–water partition coefficient (Wildman–Crippen LogP) is 3.10. The Bertz CT molecular complexity index is 348. The summed E-state index contributed by atoms with van der Waals surface area (Å²) >= 11 is 5.85. The fourth-order valence-electron chi connectivity index (χ4n) is 1.92. The quantitative estimate of drug-likeness (QED) is 0.761. The van der Waals surface area contributed by atoms with Crippen LogP contribution in [0.4, 0.5) is 0 Å². The summed E-state index contributed by atoms with van der Waals surface area (Å²) < 4.78 is 2.05. The van der Waals surface area contributed by atoms with Crippen LogP contribution in [0.25, 0.3) is 0 Å². The van der Waals surface area contributed by atoms with E-state index in [9.17, 15) is 0 Å². The molecule has 1 heterocycles. The third-order valence-corrected chi connectivity index (χ3v) is 3.60. The Labute approximate surface area is 110 Å². The molecule has 98 valence electrons. The molecule has 17 heavy (non-hydrogen) atoms. The fourth-order valence-corrected chi connectivity index (χ4v) is 2.33. The largest absolute Gasteiger partial charge is 0.306 e. The Balaban J connectivity index is 2.65. The minimum atomic E-state index is 0.124. The highest BCUT2D eigenvalue weighted by molar-refractivity contribution is 6.17. The summed E-state index contributed by atoms with van der Waals surface area (Å²) in [7, 11) is 0. The van der Waals surface area contributed by atoms with E-state index in [0.29, 0.717) is 5.88 Å². The van der Waals surface area contributed by atoms with Crippen molar-refractivity contribution in [2.75, 3.05) is 5.88 Å². The maximum Gasteiger partial charge on any atom is 0.0597 e. The number of nitrogens with one attached hydrogen (secondary N) is 1. The van der Waals surface area contributed by atoms with Gasteiger partial charge in [-0.3, -0.25) is 4.68 Å². The van der Waals surface area contributed by atoms with E-state index < -0.39 is 0 Å². The van der Waals surface area contributed by atoms with Crippen LogP contribution in [0.2, 0.25) is 0 Å². The molecule has 0 saturated carbocycles. The summed E-state index contributed by atoms with van der Waals surface area (Å²) in [5, 5.41) is 8.06. The van der Waals surface area contributed by atoms with Gasteiger partial charge in [0.15, 0.2) is 0 Å². The summed E-state index contributed by atoms with van der Waals surface area (Å²) in [6, 6.07) is 2.15. The number of rotatable bonds is 7. The van der Waals surface area contributed by atoms with Gasteiger partial charge in [-0.2, -0.15) is 5.10 Å². The van der Waals surface area contributed by atoms with Crippen molar-refractivity contribution in [2.45, 2.75) is 59.2 Å². The molecule has 0 aliphatic heterocycles. The van der Waals surface area contributed by atoms with Crippen LogP contribution in [0.1, 0.15) is 45.0 Å². The molecule has 0 spiro atoms. The molecule has 1 unspecified atom stereocenters. The first-order valence-electron chi connectivity index (χ1n) is 6.39. The molecule has 1 N–H and O–H groups in total. The van der Waals surface area contributed by atoms with Gasteiger partial charge in [-0.15, -0.1) is 11.6 Å². The maximum absolute atomic E-state index is 5.85. The lowest BCUT2D eigenvalue weighted by Crippen LogP contribution is -2.42. The standard InChI is InChI=1S/C13H24ClN3/c1-5-13(4,7-8-14)15-10-12-9-11(3)16-17(12)6-2/h9,15H,5-8,10H2,1-4H3. The average Bonchev–Trinajstić information content (AvgIpc) is 2.67. The molecular weight excluding hydrogens is 234 g/mol. The number of hydrogen-bond donors (Lipinski definition) is 1. The van der Waals surface area contributed by atoms with Gasteiger partial charge in [-0.25, -0.2) is 0 Å². The summed E-state index contributed by atoms with van der Waals surface area (Å²) in [6.07, 6.45) is 2.07. The number of aromatic nitrogens is 2. The molecular formula is C13H24ClN3. The van der Waals surface area contributed by atoms with Crippen molar-refractivity contribution in [1.29, 1.82) is 0 Å². The summed E-state index contributed by atoms with van der Waals surface area (Å²) in [5.74, 6) is 0.698. The fraction of sp³-hybridized carbons (Fsp3) is 0.769. The van der Waals surface area contributed by atoms with Crippen molar-refractivity contribution in [2.24, 2.45) is 0 Å².